The molecule has 1 aliphatic heterocycles. The monoisotopic (exact) mass is 184 g/mol. The average molecular weight is 184 g/mol. The number of nitrogens with one attached hydrogen (secondary N) is 1. The van der Waals surface area contributed by atoms with Crippen molar-refractivity contribution in [1.82, 2.24) is 9.88 Å². The van der Waals surface area contributed by atoms with Crippen molar-refractivity contribution in [2.24, 2.45) is 7.05 Å². The van der Waals surface area contributed by atoms with Crippen molar-refractivity contribution in [2.45, 2.75) is 0 Å². The van der Waals surface area contributed by atoms with Crippen LogP contribution in [-0.2, 0) is 7.05 Å². The van der Waals surface area contributed by atoms with E-state index in [4.69, 9.17) is 0 Å². The van der Waals surface area contributed by atoms with Gasteiger partial charge in [0.25, 0.3) is 0 Å². The lowest BCUT2D eigenvalue weighted by Gasteiger charge is -2.00. The minimum Gasteiger partial charge on any atom is -0.386 e. The Kier molecular flexibility index (Phi) is 1.45. The third-order valence-electron chi connectivity index (χ3n) is 2.86. The van der Waals surface area contributed by atoms with Gasteiger partial charge in [-0.3, -0.25) is 0 Å². The molecule has 70 valence electrons. The minimum absolute atomic E-state index is 0.932. The molecule has 14 heavy (non-hydrogen) atoms. The number of aryl methyl sites for hydroxylation is 1. The number of hydrogen-bond donors (Lipinski definition) is 1. The van der Waals surface area contributed by atoms with Crippen molar-refractivity contribution in [3.63, 3.8) is 0 Å². The molecule has 1 aliphatic rings. The van der Waals surface area contributed by atoms with E-state index in [0.29, 0.717) is 0 Å². The highest BCUT2D eigenvalue weighted by Crippen LogP contribution is 2.06. The van der Waals surface area contributed by atoms with Crippen molar-refractivity contribution in [3.05, 3.63) is 34.8 Å². The second-order valence-electron chi connectivity index (χ2n) is 3.63. The van der Waals surface area contributed by atoms with Crippen LogP contribution < -0.4 is 15.9 Å². The largest absolute Gasteiger partial charge is 0.386 e. The molecule has 1 aromatic carbocycles. The van der Waals surface area contributed by atoms with E-state index in [9.17, 15) is 0 Å². The number of rotatable bonds is 0. The average Bonchev–Trinajstić information content (AvgIpc) is 2.55. The van der Waals surface area contributed by atoms with Crippen LogP contribution in [0.5, 0.6) is 0 Å². The van der Waals surface area contributed by atoms with Gasteiger partial charge < -0.3 is 9.88 Å². The summed E-state index contributed by atoms with van der Waals surface area (Å²) < 4.78 is 2.23. The minimum atomic E-state index is 0.932. The molecule has 2 nitrogen and oxygen atoms in total. The molecule has 0 atom stereocenters. The van der Waals surface area contributed by atoms with Crippen LogP contribution in [0.2, 0.25) is 0 Å². The van der Waals surface area contributed by atoms with Crippen LogP contribution in [0, 0.1) is 0 Å². The maximum Gasteiger partial charge on any atom is 0.0645 e. The Hall–Kier alpha value is -1.70. The van der Waals surface area contributed by atoms with Crippen LogP contribution in [0.1, 0.15) is 0 Å². The molecule has 0 amide bonds. The lowest BCUT2D eigenvalue weighted by atomic mass is 10.2. The Morgan fingerprint density at radius 2 is 2.14 bits per heavy atom. The van der Waals surface area contributed by atoms with Crippen molar-refractivity contribution in [3.8, 4) is 0 Å². The molecule has 2 aromatic rings. The van der Waals surface area contributed by atoms with Gasteiger partial charge in [-0.15, -0.1) is 0 Å². The predicted octanol–water partition coefficient (Wildman–Crippen LogP) is 0.300. The van der Waals surface area contributed by atoms with E-state index in [2.05, 4.69) is 53.5 Å². The Bertz CT molecular complexity index is 605. The van der Waals surface area contributed by atoms with Gasteiger partial charge in [0.2, 0.25) is 0 Å². The molecule has 0 spiro atoms. The zero-order valence-corrected chi connectivity index (χ0v) is 8.12. The standard InChI is InChI=1S/C12H12N2/c1-14-11-5-3-2-4-9(11)10-6-7-13-8-12(10)14/h2-6,8,13H,7H2,1H3. The molecule has 1 N–H and O–H groups in total. The normalized spacial score (nSPS) is 14.1. The molecular formula is C12H12N2. The highest BCUT2D eigenvalue weighted by Gasteiger charge is 2.04. The number of nitrogens with zero attached hydrogens (tertiary/aromatic N) is 1. The molecule has 0 fully saturated rings. The second-order valence-corrected chi connectivity index (χ2v) is 3.63. The fraction of sp³-hybridized carbons (Fsp3) is 0.167. The summed E-state index contributed by atoms with van der Waals surface area (Å²) in [5, 5.41) is 7.23. The van der Waals surface area contributed by atoms with Gasteiger partial charge >= 0.3 is 0 Å². The summed E-state index contributed by atoms with van der Waals surface area (Å²) in [4.78, 5) is 0. The molecule has 0 unspecified atom stereocenters. The van der Waals surface area contributed by atoms with Gasteiger partial charge in [0.15, 0.2) is 0 Å². The summed E-state index contributed by atoms with van der Waals surface area (Å²) in [7, 11) is 2.11. The summed E-state index contributed by atoms with van der Waals surface area (Å²) in [5.41, 5.74) is 1.30. The van der Waals surface area contributed by atoms with Crippen molar-refractivity contribution in [2.75, 3.05) is 6.54 Å². The van der Waals surface area contributed by atoms with Crippen LogP contribution >= 0.6 is 0 Å². The molecular weight excluding hydrogens is 172 g/mol. The fourth-order valence-corrected chi connectivity index (χ4v) is 2.15. The number of fused-ring (bicyclic) bond motifs is 3. The molecule has 0 radical (unpaired) electrons. The van der Waals surface area contributed by atoms with Gasteiger partial charge in [-0.1, -0.05) is 24.3 Å². The zero-order valence-electron chi connectivity index (χ0n) is 8.12. The first-order valence-corrected chi connectivity index (χ1v) is 4.85. The van der Waals surface area contributed by atoms with E-state index in [1.54, 1.807) is 0 Å². The zero-order chi connectivity index (χ0) is 9.54. The summed E-state index contributed by atoms with van der Waals surface area (Å²) in [6.07, 6.45) is 4.34. The molecule has 2 heterocycles. The number of hydrogen-bond acceptors (Lipinski definition) is 1. The van der Waals surface area contributed by atoms with Crippen LogP contribution in [0.15, 0.2) is 24.3 Å². The summed E-state index contributed by atoms with van der Waals surface area (Å²) >= 11 is 0. The molecule has 1 aromatic heterocycles. The van der Waals surface area contributed by atoms with E-state index in [1.165, 1.54) is 21.5 Å². The molecule has 3 rings (SSSR count). The van der Waals surface area contributed by atoms with Gasteiger partial charge in [0.1, 0.15) is 0 Å². The fourth-order valence-electron chi connectivity index (χ4n) is 2.15. The lowest BCUT2D eigenvalue weighted by molar-refractivity contribution is 0.901. The molecule has 0 saturated carbocycles. The van der Waals surface area contributed by atoms with Gasteiger partial charge in [0.05, 0.1) is 5.35 Å². The van der Waals surface area contributed by atoms with Gasteiger partial charge in [-0.25, -0.2) is 0 Å². The van der Waals surface area contributed by atoms with Gasteiger partial charge in [-0.05, 0) is 6.07 Å². The van der Waals surface area contributed by atoms with Crippen LogP contribution in [0.3, 0.4) is 0 Å². The van der Waals surface area contributed by atoms with Crippen LogP contribution in [0.25, 0.3) is 23.2 Å². The predicted molar refractivity (Wildman–Crippen MR) is 59.1 cm³/mol. The van der Waals surface area contributed by atoms with E-state index < -0.39 is 0 Å². The van der Waals surface area contributed by atoms with E-state index >= 15 is 0 Å². The maximum atomic E-state index is 3.24. The quantitative estimate of drug-likeness (QED) is 0.623. The third kappa shape index (κ3) is 0.854. The van der Waals surface area contributed by atoms with E-state index in [1.807, 2.05) is 0 Å². The van der Waals surface area contributed by atoms with Gasteiger partial charge in [-0.2, -0.15) is 0 Å². The summed E-state index contributed by atoms with van der Waals surface area (Å²) in [6, 6.07) is 8.53. The number of benzene rings is 1. The number of aromatic nitrogens is 1. The topological polar surface area (TPSA) is 17.0 Å². The Labute approximate surface area is 82.2 Å². The molecule has 0 bridgehead atoms. The van der Waals surface area contributed by atoms with Crippen molar-refractivity contribution in [1.29, 1.82) is 0 Å². The molecule has 0 saturated heterocycles. The first-order valence-electron chi connectivity index (χ1n) is 4.85. The Morgan fingerprint density at radius 3 is 3.07 bits per heavy atom. The first kappa shape index (κ1) is 7.68. The van der Waals surface area contributed by atoms with E-state index in [-0.39, 0.29) is 0 Å². The molecule has 0 aliphatic carbocycles. The van der Waals surface area contributed by atoms with Gasteiger partial charge in [0, 0.05) is 35.9 Å². The summed E-state index contributed by atoms with van der Waals surface area (Å²) in [6.45, 7) is 0.932. The first-order chi connectivity index (χ1) is 6.88. The van der Waals surface area contributed by atoms with Crippen molar-refractivity contribution < 1.29 is 0 Å². The van der Waals surface area contributed by atoms with Crippen molar-refractivity contribution >= 4 is 23.2 Å². The highest BCUT2D eigenvalue weighted by molar-refractivity contribution is 5.82. The maximum absolute atomic E-state index is 3.24. The Balaban J connectivity index is 2.68. The van der Waals surface area contributed by atoms with E-state index in [0.717, 1.165) is 6.54 Å². The lowest BCUT2D eigenvalue weighted by Crippen LogP contribution is -2.35. The number of para-hydroxylation sites is 1. The summed E-state index contributed by atoms with van der Waals surface area (Å²) in [5.74, 6) is 0. The SMILES string of the molecule is Cn1c2c(c3ccccc31)=CCNC=2. The highest BCUT2D eigenvalue weighted by atomic mass is 15.0. The van der Waals surface area contributed by atoms with Crippen LogP contribution in [-0.4, -0.2) is 11.1 Å². The Morgan fingerprint density at radius 1 is 1.29 bits per heavy atom. The second kappa shape index (κ2) is 2.64. The smallest absolute Gasteiger partial charge is 0.0645 e. The molecule has 2 heteroatoms. The third-order valence-corrected chi connectivity index (χ3v) is 2.86. The van der Waals surface area contributed by atoms with Crippen LogP contribution in [0.4, 0.5) is 0 Å².